The van der Waals surface area contributed by atoms with Crippen LogP contribution in [0.5, 0.6) is 0 Å². The standard InChI is InChI=1S/C13H17NOSe/c1-11-2-4-12(5-3-11)10-13(16)14-6-8-15-9-7-14/h2-5H,6-10H2,1H3. The van der Waals surface area contributed by atoms with Crippen molar-refractivity contribution in [3.8, 4) is 0 Å². The third kappa shape index (κ3) is 3.18. The Balaban J connectivity index is 1.93. The van der Waals surface area contributed by atoms with E-state index in [1.807, 2.05) is 0 Å². The molecule has 0 spiro atoms. The predicted octanol–water partition coefficient (Wildman–Crippen LogP) is 1.17. The van der Waals surface area contributed by atoms with Crippen LogP contribution in [0.2, 0.25) is 0 Å². The van der Waals surface area contributed by atoms with Crippen LogP contribution in [0.25, 0.3) is 0 Å². The van der Waals surface area contributed by atoms with Gasteiger partial charge in [0.05, 0.1) is 0 Å². The molecule has 86 valence electrons. The fraction of sp³-hybridized carbons (Fsp3) is 0.462. The average Bonchev–Trinajstić information content (AvgIpc) is 2.33. The number of benzene rings is 1. The number of aryl methyl sites for hydroxylation is 1. The van der Waals surface area contributed by atoms with Crippen LogP contribution in [0.15, 0.2) is 24.3 Å². The second-order valence-electron chi connectivity index (χ2n) is 4.16. The van der Waals surface area contributed by atoms with E-state index < -0.39 is 0 Å². The molecule has 1 aliphatic heterocycles. The van der Waals surface area contributed by atoms with Crippen molar-refractivity contribution in [1.82, 2.24) is 4.90 Å². The summed E-state index contributed by atoms with van der Waals surface area (Å²) in [5.74, 6) is 0. The van der Waals surface area contributed by atoms with Gasteiger partial charge in [-0.3, -0.25) is 0 Å². The van der Waals surface area contributed by atoms with E-state index in [0.29, 0.717) is 0 Å². The second kappa shape index (κ2) is 5.62. The molecular formula is C13H17NOSe. The van der Waals surface area contributed by atoms with E-state index in [4.69, 9.17) is 4.74 Å². The van der Waals surface area contributed by atoms with Crippen molar-refractivity contribution in [1.29, 1.82) is 0 Å². The zero-order chi connectivity index (χ0) is 11.4. The molecule has 3 heteroatoms. The summed E-state index contributed by atoms with van der Waals surface area (Å²) in [6, 6.07) is 8.74. The van der Waals surface area contributed by atoms with Gasteiger partial charge in [0.2, 0.25) is 0 Å². The molecule has 16 heavy (non-hydrogen) atoms. The molecular weight excluding hydrogens is 265 g/mol. The van der Waals surface area contributed by atoms with Gasteiger partial charge in [0.1, 0.15) is 0 Å². The molecule has 2 nitrogen and oxygen atoms in total. The van der Waals surface area contributed by atoms with Gasteiger partial charge in [-0.1, -0.05) is 0 Å². The van der Waals surface area contributed by atoms with Crippen LogP contribution in [-0.2, 0) is 11.2 Å². The first kappa shape index (κ1) is 11.8. The molecule has 0 bridgehead atoms. The Morgan fingerprint density at radius 2 is 1.88 bits per heavy atom. The summed E-state index contributed by atoms with van der Waals surface area (Å²) >= 11 is 3.20. The molecule has 0 amide bonds. The van der Waals surface area contributed by atoms with Crippen LogP contribution in [0.4, 0.5) is 0 Å². The molecule has 2 rings (SSSR count). The number of rotatable bonds is 3. The van der Waals surface area contributed by atoms with Crippen LogP contribution in [0.1, 0.15) is 11.1 Å². The quantitative estimate of drug-likeness (QED) is 0.772. The van der Waals surface area contributed by atoms with Crippen LogP contribution in [0, 0.1) is 6.92 Å². The Hall–Kier alpha value is -0.631. The Morgan fingerprint density at radius 1 is 1.25 bits per heavy atom. The molecule has 0 aliphatic carbocycles. The summed E-state index contributed by atoms with van der Waals surface area (Å²) in [7, 11) is 0. The number of nitrogens with zero attached hydrogens (tertiary/aromatic N) is 1. The van der Waals surface area contributed by atoms with Crippen molar-refractivity contribution in [2.75, 3.05) is 26.3 Å². The Morgan fingerprint density at radius 3 is 2.50 bits per heavy atom. The van der Waals surface area contributed by atoms with Gasteiger partial charge in [0.25, 0.3) is 0 Å². The monoisotopic (exact) mass is 283 g/mol. The third-order valence-corrected chi connectivity index (χ3v) is 3.68. The van der Waals surface area contributed by atoms with E-state index in [2.05, 4.69) is 51.7 Å². The zero-order valence-corrected chi connectivity index (χ0v) is 11.3. The van der Waals surface area contributed by atoms with Crippen molar-refractivity contribution >= 4 is 20.1 Å². The molecule has 0 radical (unpaired) electrons. The molecule has 1 aromatic carbocycles. The summed E-state index contributed by atoms with van der Waals surface area (Å²) < 4.78 is 6.67. The van der Waals surface area contributed by atoms with E-state index in [9.17, 15) is 0 Å². The van der Waals surface area contributed by atoms with Crippen LogP contribution in [-0.4, -0.2) is 51.3 Å². The first-order chi connectivity index (χ1) is 7.75. The van der Waals surface area contributed by atoms with Gasteiger partial charge in [0, 0.05) is 0 Å². The molecule has 0 saturated carbocycles. The summed E-state index contributed by atoms with van der Waals surface area (Å²) in [6.07, 6.45) is 1.00. The van der Waals surface area contributed by atoms with Gasteiger partial charge in [-0.05, 0) is 0 Å². The van der Waals surface area contributed by atoms with Crippen molar-refractivity contribution in [3.05, 3.63) is 35.4 Å². The number of ether oxygens (including phenoxy) is 1. The summed E-state index contributed by atoms with van der Waals surface area (Å²) in [5, 5.41) is 0. The number of morpholine rings is 1. The maximum absolute atomic E-state index is 5.35. The third-order valence-electron chi connectivity index (χ3n) is 2.84. The zero-order valence-electron chi connectivity index (χ0n) is 9.61. The Labute approximate surface area is 105 Å². The molecule has 0 atom stereocenters. The van der Waals surface area contributed by atoms with E-state index in [1.54, 1.807) is 0 Å². The topological polar surface area (TPSA) is 12.5 Å². The number of hydrogen-bond acceptors (Lipinski definition) is 2. The van der Waals surface area contributed by atoms with Gasteiger partial charge in [0.15, 0.2) is 0 Å². The predicted molar refractivity (Wildman–Crippen MR) is 68.0 cm³/mol. The minimum atomic E-state index is 0.846. The van der Waals surface area contributed by atoms with E-state index >= 15 is 0 Å². The second-order valence-corrected chi connectivity index (χ2v) is 5.14. The van der Waals surface area contributed by atoms with Gasteiger partial charge < -0.3 is 0 Å². The first-order valence-corrected chi connectivity index (χ1v) is 6.52. The van der Waals surface area contributed by atoms with Crippen molar-refractivity contribution in [2.45, 2.75) is 13.3 Å². The van der Waals surface area contributed by atoms with E-state index in [0.717, 1.165) is 32.7 Å². The molecule has 0 unspecified atom stereocenters. The first-order valence-electron chi connectivity index (χ1n) is 5.67. The van der Waals surface area contributed by atoms with Crippen molar-refractivity contribution in [3.63, 3.8) is 0 Å². The van der Waals surface area contributed by atoms with E-state index in [1.165, 1.54) is 15.7 Å². The van der Waals surface area contributed by atoms with E-state index in [-0.39, 0.29) is 0 Å². The van der Waals surface area contributed by atoms with Crippen LogP contribution in [0.3, 0.4) is 0 Å². The molecule has 1 saturated heterocycles. The molecule has 1 heterocycles. The molecule has 0 N–H and O–H groups in total. The summed E-state index contributed by atoms with van der Waals surface area (Å²) in [4.78, 5) is 2.38. The number of hydrogen-bond donors (Lipinski definition) is 0. The minimum absolute atomic E-state index is 0.846. The Bertz CT molecular complexity index is 355. The molecule has 1 fully saturated rings. The molecule has 0 aromatic heterocycles. The van der Waals surface area contributed by atoms with Crippen LogP contribution >= 0.6 is 0 Å². The van der Waals surface area contributed by atoms with Gasteiger partial charge in [-0.2, -0.15) is 0 Å². The Kier molecular flexibility index (Phi) is 4.16. The summed E-state index contributed by atoms with van der Waals surface area (Å²) in [5.41, 5.74) is 2.68. The van der Waals surface area contributed by atoms with Crippen molar-refractivity contribution in [2.24, 2.45) is 0 Å². The van der Waals surface area contributed by atoms with Crippen molar-refractivity contribution < 1.29 is 4.74 Å². The molecule has 1 aromatic rings. The fourth-order valence-corrected chi connectivity index (χ4v) is 2.54. The fourth-order valence-electron chi connectivity index (χ4n) is 1.81. The molecule has 1 aliphatic rings. The SMILES string of the molecule is Cc1ccc(CC(=[Se])N2CCOCC2)cc1. The summed E-state index contributed by atoms with van der Waals surface area (Å²) in [6.45, 7) is 5.83. The van der Waals surface area contributed by atoms with Crippen LogP contribution < -0.4 is 0 Å². The average molecular weight is 282 g/mol. The van der Waals surface area contributed by atoms with Gasteiger partial charge in [-0.25, -0.2) is 0 Å². The normalized spacial score (nSPS) is 16.2. The van der Waals surface area contributed by atoms with Gasteiger partial charge >= 0.3 is 105 Å². The maximum atomic E-state index is 5.35. The van der Waals surface area contributed by atoms with Gasteiger partial charge in [-0.15, -0.1) is 0 Å².